The number of aromatic nitrogens is 4. The number of benzene rings is 2. The number of primary amides is 2. The SMILES string of the molecule is CC(=O)C[C@]1(C)CCCCCCn2nnc(c2C)CCC[C@@](C)(C(=O)NC(CO)C(=O)N[C@@H](C)C(=O)NC(C)C(N)=O)NC(=O)[C@H](CC2CCC2)CN[C@@H](CCC(N)=O)C(=O)C(=O)C(C)NC(=O)[C@H](Cc2c[nH]c3ccccc23)NC(=O)C(Cc2ccc(O)cc2)NC(=O)[C@H](CCC(=O)O)NC1=O. The van der Waals surface area contributed by atoms with Crippen molar-refractivity contribution >= 4 is 93.3 Å². The lowest BCUT2D eigenvalue weighted by Crippen LogP contribution is -2.63. The van der Waals surface area contributed by atoms with Crippen LogP contribution in [0.2, 0.25) is 0 Å². The molecule has 1 aliphatic heterocycles. The van der Waals surface area contributed by atoms with E-state index in [2.05, 4.69) is 63.1 Å². The number of phenols is 1. The number of ketones is 3. The molecule has 1 saturated carbocycles. The van der Waals surface area contributed by atoms with E-state index in [1.165, 1.54) is 58.9 Å². The number of aromatic hydroxyl groups is 1. The van der Waals surface area contributed by atoms with Crippen LogP contribution in [0, 0.1) is 24.2 Å². The Hall–Kier alpha value is -9.98. The largest absolute Gasteiger partial charge is 0.508 e. The van der Waals surface area contributed by atoms with Gasteiger partial charge in [0.15, 0.2) is 0 Å². The fourth-order valence-electron chi connectivity index (χ4n) is 12.6. The maximum Gasteiger partial charge on any atom is 0.303 e. The molecule has 3 heterocycles. The van der Waals surface area contributed by atoms with E-state index in [1.807, 2.05) is 6.92 Å². The number of carboxylic acids is 1. The van der Waals surface area contributed by atoms with E-state index in [0.29, 0.717) is 65.6 Å². The number of phenolic OH excluding ortho intramolecular Hbond substituents is 1. The molecule has 2 aromatic carbocycles. The number of hydrogen-bond donors (Lipinski definition) is 15. The van der Waals surface area contributed by atoms with Crippen molar-refractivity contribution in [3.05, 3.63) is 77.2 Å². The minimum Gasteiger partial charge on any atom is -0.508 e. The molecule has 2 aliphatic rings. The number of aromatic amines is 1. The number of carbonyl (C=O) groups is 14. The van der Waals surface area contributed by atoms with Gasteiger partial charge in [-0.25, -0.2) is 4.68 Å². The Morgan fingerprint density at radius 3 is 2.00 bits per heavy atom. The zero-order valence-corrected chi connectivity index (χ0v) is 59.6. The van der Waals surface area contributed by atoms with Gasteiger partial charge in [0.2, 0.25) is 70.6 Å². The number of nitrogens with zero attached hydrogens (tertiary/aromatic N) is 3. The molecule has 11 atom stereocenters. The molecule has 4 unspecified atom stereocenters. The molecule has 1 fully saturated rings. The van der Waals surface area contributed by atoms with E-state index < -0.39 is 168 Å². The first kappa shape index (κ1) is 82.0. The zero-order valence-electron chi connectivity index (χ0n) is 59.6. The van der Waals surface area contributed by atoms with E-state index in [9.17, 15) is 77.6 Å². The van der Waals surface area contributed by atoms with Crippen LogP contribution in [0.3, 0.4) is 0 Å². The molecule has 32 heteroatoms. The molecule has 562 valence electrons. The highest BCUT2D eigenvalue weighted by atomic mass is 16.4. The van der Waals surface area contributed by atoms with Gasteiger partial charge < -0.3 is 79.6 Å². The molecule has 0 saturated heterocycles. The predicted octanol–water partition coefficient (Wildman–Crippen LogP) is 0.370. The van der Waals surface area contributed by atoms with E-state index in [0.717, 1.165) is 19.3 Å². The summed E-state index contributed by atoms with van der Waals surface area (Å²) < 4.78 is 1.71. The van der Waals surface area contributed by atoms with Crippen molar-refractivity contribution in [2.45, 2.75) is 231 Å². The van der Waals surface area contributed by atoms with Gasteiger partial charge in [-0.15, -0.1) is 5.10 Å². The van der Waals surface area contributed by atoms with Crippen LogP contribution in [0.1, 0.15) is 167 Å². The van der Waals surface area contributed by atoms with Gasteiger partial charge in [0.05, 0.1) is 41.4 Å². The van der Waals surface area contributed by atoms with Crippen LogP contribution in [0.25, 0.3) is 10.9 Å². The lowest BCUT2D eigenvalue weighted by atomic mass is 9.78. The summed E-state index contributed by atoms with van der Waals surface area (Å²) in [6.07, 6.45) is 4.20. The van der Waals surface area contributed by atoms with Gasteiger partial charge >= 0.3 is 5.97 Å². The van der Waals surface area contributed by atoms with Crippen LogP contribution in [-0.2, 0) is 92.9 Å². The second-order valence-electron chi connectivity index (χ2n) is 27.9. The van der Waals surface area contributed by atoms with Crippen LogP contribution in [-0.4, -0.2) is 185 Å². The van der Waals surface area contributed by atoms with Crippen molar-refractivity contribution < 1.29 is 82.4 Å². The molecule has 103 heavy (non-hydrogen) atoms. The zero-order chi connectivity index (χ0) is 75.9. The number of fused-ring (bicyclic) bond motifs is 3. The Bertz CT molecular complexity index is 3720. The highest BCUT2D eigenvalue weighted by Gasteiger charge is 2.42. The molecular weight excluding hydrogens is 1330 g/mol. The molecule has 2 aromatic heterocycles. The summed E-state index contributed by atoms with van der Waals surface area (Å²) in [6.45, 7) is 9.12. The molecule has 1 aliphatic carbocycles. The minimum absolute atomic E-state index is 0.00678. The number of rotatable bonds is 22. The Kier molecular flexibility index (Phi) is 30.5. The third kappa shape index (κ3) is 24.3. The molecule has 10 amide bonds. The van der Waals surface area contributed by atoms with Crippen LogP contribution in [0.4, 0.5) is 0 Å². The van der Waals surface area contributed by atoms with Gasteiger partial charge in [-0.05, 0) is 128 Å². The number of para-hydroxylation sites is 1. The summed E-state index contributed by atoms with van der Waals surface area (Å²) in [5.41, 5.74) is 10.4. The highest BCUT2D eigenvalue weighted by molar-refractivity contribution is 6.41. The number of carboxylic acid groups (broad SMARTS) is 1. The molecule has 6 rings (SSSR count). The standard InChI is InChI=1S/C71H101N15O17/c1-39(88)35-70(6)29-12-8-9-13-31-86-43(5)50(84-85-86)20-15-30-71(7,69(103)82-56(38-87)67(101)78-42(4)62(96)77-41(3)61(73)95)83-63(97)47(32-44-16-14-17-44)37-75-52(25-27-57(72)90)60(94)59(93)40(2)76-65(99)55(34-46-36-74-51-19-11-10-18-49(46)51)80-66(100)54(33-45-21-23-48(89)24-22-45)79-64(98)53(81-68(70)102)26-28-58(91)92/h10-11,18-19,21-24,36,40-42,44,47,52-56,74-75,87,89H,8-9,12-17,20,25-35,37-38H2,1-7H3,(H2,72,90)(H2,73,95)(H,76,99)(H,77,96)(H,78,101)(H,79,98)(H,80,100)(H,81,102)(H,82,103)(H,83,97)(H,91,92)/t40?,41?,42-,47+,52-,53-,54?,55-,56?,70-,71-/m0/s1. The fourth-order valence-corrected chi connectivity index (χ4v) is 12.6. The summed E-state index contributed by atoms with van der Waals surface area (Å²) in [5.74, 6) is -13.9. The predicted molar refractivity (Wildman–Crippen MR) is 374 cm³/mol. The van der Waals surface area contributed by atoms with Crippen molar-refractivity contribution in [1.29, 1.82) is 0 Å². The van der Waals surface area contributed by atoms with E-state index in [4.69, 9.17) is 11.5 Å². The normalized spacial score (nSPS) is 24.0. The topological polar surface area (TPSA) is 506 Å². The summed E-state index contributed by atoms with van der Waals surface area (Å²) in [5, 5.41) is 63.8. The Morgan fingerprint density at radius 1 is 0.718 bits per heavy atom. The number of aliphatic hydroxyl groups excluding tert-OH is 1. The minimum atomic E-state index is -1.87. The third-order valence-corrected chi connectivity index (χ3v) is 19.3. The number of hydrogen-bond acceptors (Lipinski definition) is 19. The number of H-pyrrole nitrogens is 1. The molecule has 17 N–H and O–H groups in total. The van der Waals surface area contributed by atoms with Gasteiger partial charge in [0.25, 0.3) is 0 Å². The van der Waals surface area contributed by atoms with Gasteiger partial charge in [-0.3, -0.25) is 67.1 Å². The first-order valence-corrected chi connectivity index (χ1v) is 35.1. The average Bonchev–Trinajstić information content (AvgIpc) is 1.76. The molecule has 0 spiro atoms. The highest BCUT2D eigenvalue weighted by Crippen LogP contribution is 2.34. The fraction of sp³-hybridized carbons (Fsp3) is 0.577. The number of nitrogens with two attached hydrogens (primary N) is 2. The van der Waals surface area contributed by atoms with Crippen LogP contribution < -0.4 is 59.3 Å². The number of aryl methyl sites for hydroxylation is 2. The Morgan fingerprint density at radius 2 is 1.36 bits per heavy atom. The van der Waals surface area contributed by atoms with Crippen LogP contribution in [0.15, 0.2) is 54.7 Å². The van der Waals surface area contributed by atoms with Crippen LogP contribution in [0.5, 0.6) is 5.75 Å². The number of aliphatic hydroxyl groups is 1. The van der Waals surface area contributed by atoms with Crippen molar-refractivity contribution in [2.24, 2.45) is 28.7 Å². The first-order chi connectivity index (χ1) is 48.7. The maximum absolute atomic E-state index is 15.0. The molecule has 32 nitrogen and oxygen atoms in total. The summed E-state index contributed by atoms with van der Waals surface area (Å²) in [6, 6.07) is 0.720. The van der Waals surface area contributed by atoms with Gasteiger partial charge in [0, 0.05) is 62.3 Å². The Labute approximate surface area is 597 Å². The lowest BCUT2D eigenvalue weighted by molar-refractivity contribution is -0.140. The second kappa shape index (κ2) is 38.3. The average molecular weight is 1440 g/mol. The Balaban J connectivity index is 1.38. The summed E-state index contributed by atoms with van der Waals surface area (Å²) in [4.78, 5) is 197. The molecule has 2 bridgehead atoms. The summed E-state index contributed by atoms with van der Waals surface area (Å²) in [7, 11) is 0. The second-order valence-corrected chi connectivity index (χ2v) is 27.9. The van der Waals surface area contributed by atoms with Crippen molar-refractivity contribution in [3.63, 3.8) is 0 Å². The number of amides is 10. The van der Waals surface area contributed by atoms with Crippen molar-refractivity contribution in [2.75, 3.05) is 13.2 Å². The summed E-state index contributed by atoms with van der Waals surface area (Å²) >= 11 is 0. The number of aliphatic carboxylic acids is 1. The maximum atomic E-state index is 15.0. The lowest BCUT2D eigenvalue weighted by Gasteiger charge is -2.35. The number of carbonyl (C=O) groups excluding carboxylic acids is 13. The number of nitrogens with one attached hydrogen (secondary N) is 10. The van der Waals surface area contributed by atoms with Crippen molar-refractivity contribution in [3.8, 4) is 5.75 Å². The smallest absolute Gasteiger partial charge is 0.303 e. The van der Waals surface area contributed by atoms with Gasteiger partial charge in [-0.2, -0.15) is 0 Å². The molecule has 0 radical (unpaired) electrons. The monoisotopic (exact) mass is 1440 g/mol. The van der Waals surface area contributed by atoms with Gasteiger partial charge in [-0.1, -0.05) is 81.0 Å². The van der Waals surface area contributed by atoms with Crippen molar-refractivity contribution in [1.82, 2.24) is 67.8 Å². The van der Waals surface area contributed by atoms with Crippen LogP contribution >= 0.6 is 0 Å². The van der Waals surface area contributed by atoms with E-state index in [-0.39, 0.29) is 81.8 Å². The third-order valence-electron chi connectivity index (χ3n) is 19.3. The van der Waals surface area contributed by atoms with E-state index >= 15 is 4.79 Å². The quantitative estimate of drug-likeness (QED) is 0.0473. The molecule has 4 aromatic rings. The molecular formula is C71H101N15O17. The van der Waals surface area contributed by atoms with Gasteiger partial charge in [0.1, 0.15) is 53.3 Å². The number of Topliss-reactive ketones (excluding diaryl/α,β-unsaturated/α-hetero) is 3. The van der Waals surface area contributed by atoms with E-state index in [1.54, 1.807) is 42.1 Å². The first-order valence-electron chi connectivity index (χ1n) is 35.1.